The van der Waals surface area contributed by atoms with Crippen molar-refractivity contribution in [3.63, 3.8) is 0 Å². The van der Waals surface area contributed by atoms with Crippen molar-refractivity contribution in [1.82, 2.24) is 5.32 Å². The van der Waals surface area contributed by atoms with Crippen LogP contribution in [0.1, 0.15) is 31.9 Å². The third-order valence-electron chi connectivity index (χ3n) is 2.27. The first-order valence-electron chi connectivity index (χ1n) is 5.29. The molecular weight excluding hydrogens is 206 g/mol. The fraction of sp³-hybridized carbons (Fsp3) is 0.385. The van der Waals surface area contributed by atoms with Gasteiger partial charge in [-0.25, -0.2) is 0 Å². The van der Waals surface area contributed by atoms with Crippen molar-refractivity contribution in [3.8, 4) is 0 Å². The van der Waals surface area contributed by atoms with Gasteiger partial charge in [0.25, 0.3) is 0 Å². The largest absolute Gasteiger partial charge is 0.307 e. The van der Waals surface area contributed by atoms with Crippen LogP contribution in [0.2, 0.25) is 5.02 Å². The van der Waals surface area contributed by atoms with E-state index in [9.17, 15) is 0 Å². The van der Waals surface area contributed by atoms with E-state index >= 15 is 0 Å². The molecule has 0 aromatic heterocycles. The van der Waals surface area contributed by atoms with E-state index in [4.69, 9.17) is 11.6 Å². The molecule has 82 valence electrons. The van der Waals surface area contributed by atoms with Crippen LogP contribution in [-0.2, 0) is 0 Å². The lowest BCUT2D eigenvalue weighted by Crippen LogP contribution is -2.22. The van der Waals surface area contributed by atoms with Crippen LogP contribution in [0.15, 0.2) is 36.4 Å². The van der Waals surface area contributed by atoms with Gasteiger partial charge in [-0.1, -0.05) is 42.8 Å². The Kier molecular flexibility index (Phi) is 4.86. The van der Waals surface area contributed by atoms with Crippen molar-refractivity contribution in [2.45, 2.75) is 26.3 Å². The standard InChI is InChI=1S/C13H18ClN/c1-4-8-15-13(10(2)3)11-6-5-7-12(14)9-11/h5-7,9,13,15H,2,4,8H2,1,3H3. The van der Waals surface area contributed by atoms with Crippen molar-refractivity contribution in [2.75, 3.05) is 6.54 Å². The minimum Gasteiger partial charge on any atom is -0.307 e. The third-order valence-corrected chi connectivity index (χ3v) is 2.51. The molecular formula is C13H18ClN. The highest BCUT2D eigenvalue weighted by Gasteiger charge is 2.10. The molecule has 1 nitrogen and oxygen atoms in total. The zero-order valence-electron chi connectivity index (χ0n) is 9.39. The molecule has 1 aromatic rings. The van der Waals surface area contributed by atoms with Crippen LogP contribution in [0, 0.1) is 0 Å². The number of rotatable bonds is 5. The molecule has 15 heavy (non-hydrogen) atoms. The predicted molar refractivity (Wildman–Crippen MR) is 67.3 cm³/mol. The van der Waals surface area contributed by atoms with E-state index in [1.54, 1.807) is 0 Å². The monoisotopic (exact) mass is 223 g/mol. The van der Waals surface area contributed by atoms with Crippen LogP contribution < -0.4 is 5.32 Å². The first-order valence-corrected chi connectivity index (χ1v) is 5.67. The van der Waals surface area contributed by atoms with Crippen LogP contribution in [0.25, 0.3) is 0 Å². The molecule has 1 N–H and O–H groups in total. The summed E-state index contributed by atoms with van der Waals surface area (Å²) < 4.78 is 0. The van der Waals surface area contributed by atoms with Crippen LogP contribution in [-0.4, -0.2) is 6.54 Å². The van der Waals surface area contributed by atoms with Gasteiger partial charge in [0.2, 0.25) is 0 Å². The zero-order chi connectivity index (χ0) is 11.3. The summed E-state index contributed by atoms with van der Waals surface area (Å²) in [6.45, 7) is 9.19. The summed E-state index contributed by atoms with van der Waals surface area (Å²) in [4.78, 5) is 0. The quantitative estimate of drug-likeness (QED) is 0.746. The molecule has 0 amide bonds. The fourth-order valence-corrected chi connectivity index (χ4v) is 1.75. The second kappa shape index (κ2) is 5.94. The number of benzene rings is 1. The predicted octanol–water partition coefficient (Wildman–Crippen LogP) is 3.96. The van der Waals surface area contributed by atoms with Gasteiger partial charge >= 0.3 is 0 Å². The van der Waals surface area contributed by atoms with Gasteiger partial charge in [0.15, 0.2) is 0 Å². The van der Waals surface area contributed by atoms with E-state index in [2.05, 4.69) is 24.9 Å². The average Bonchev–Trinajstić information content (AvgIpc) is 2.18. The molecule has 1 rings (SSSR count). The van der Waals surface area contributed by atoms with Crippen molar-refractivity contribution in [2.24, 2.45) is 0 Å². The maximum Gasteiger partial charge on any atom is 0.0531 e. The van der Waals surface area contributed by atoms with Crippen LogP contribution in [0.5, 0.6) is 0 Å². The lowest BCUT2D eigenvalue weighted by Gasteiger charge is -2.19. The maximum absolute atomic E-state index is 5.97. The molecule has 1 atom stereocenters. The highest BCUT2D eigenvalue weighted by atomic mass is 35.5. The second-order valence-electron chi connectivity index (χ2n) is 3.79. The Labute approximate surface area is 97.1 Å². The smallest absolute Gasteiger partial charge is 0.0531 e. The van der Waals surface area contributed by atoms with Gasteiger partial charge in [0.05, 0.1) is 6.04 Å². The average molecular weight is 224 g/mol. The van der Waals surface area contributed by atoms with Crippen LogP contribution >= 0.6 is 11.6 Å². The topological polar surface area (TPSA) is 12.0 Å². The highest BCUT2D eigenvalue weighted by Crippen LogP contribution is 2.22. The highest BCUT2D eigenvalue weighted by molar-refractivity contribution is 6.30. The molecule has 0 spiro atoms. The zero-order valence-corrected chi connectivity index (χ0v) is 10.1. The van der Waals surface area contributed by atoms with Gasteiger partial charge in [0, 0.05) is 5.02 Å². The number of hydrogen-bond acceptors (Lipinski definition) is 1. The molecule has 0 heterocycles. The van der Waals surface area contributed by atoms with Gasteiger partial charge in [-0.05, 0) is 37.6 Å². The van der Waals surface area contributed by atoms with E-state index in [0.717, 1.165) is 23.6 Å². The molecule has 0 radical (unpaired) electrons. The Morgan fingerprint density at radius 2 is 2.27 bits per heavy atom. The molecule has 0 aliphatic rings. The van der Waals surface area contributed by atoms with Gasteiger partial charge < -0.3 is 5.32 Å². The minimum atomic E-state index is 0.212. The minimum absolute atomic E-state index is 0.212. The molecule has 1 aromatic carbocycles. The summed E-state index contributed by atoms with van der Waals surface area (Å²) in [5, 5.41) is 4.23. The molecule has 0 aliphatic heterocycles. The lowest BCUT2D eigenvalue weighted by atomic mass is 10.0. The third kappa shape index (κ3) is 3.69. The van der Waals surface area contributed by atoms with Crippen LogP contribution in [0.3, 0.4) is 0 Å². The van der Waals surface area contributed by atoms with Gasteiger partial charge in [-0.2, -0.15) is 0 Å². The summed E-state index contributed by atoms with van der Waals surface area (Å²) in [5.41, 5.74) is 2.30. The Morgan fingerprint density at radius 1 is 1.53 bits per heavy atom. The molecule has 1 unspecified atom stereocenters. The fourth-order valence-electron chi connectivity index (χ4n) is 1.55. The summed E-state index contributed by atoms with van der Waals surface area (Å²) >= 11 is 5.97. The first-order chi connectivity index (χ1) is 7.15. The molecule has 0 saturated carbocycles. The van der Waals surface area contributed by atoms with Gasteiger partial charge in [-0.15, -0.1) is 0 Å². The second-order valence-corrected chi connectivity index (χ2v) is 4.22. The van der Waals surface area contributed by atoms with Crippen molar-refractivity contribution < 1.29 is 0 Å². The van der Waals surface area contributed by atoms with E-state index in [1.807, 2.05) is 25.1 Å². The van der Waals surface area contributed by atoms with Crippen molar-refractivity contribution in [3.05, 3.63) is 47.0 Å². The Hall–Kier alpha value is -0.790. The summed E-state index contributed by atoms with van der Waals surface area (Å²) in [6, 6.07) is 8.14. The molecule has 0 saturated heterocycles. The lowest BCUT2D eigenvalue weighted by molar-refractivity contribution is 0.591. The van der Waals surface area contributed by atoms with Crippen molar-refractivity contribution in [1.29, 1.82) is 0 Å². The molecule has 0 aliphatic carbocycles. The summed E-state index contributed by atoms with van der Waals surface area (Å²) in [6.07, 6.45) is 1.12. The maximum atomic E-state index is 5.97. The van der Waals surface area contributed by atoms with Gasteiger partial charge in [0.1, 0.15) is 0 Å². The van der Waals surface area contributed by atoms with E-state index < -0.39 is 0 Å². The number of hydrogen-bond donors (Lipinski definition) is 1. The van der Waals surface area contributed by atoms with Crippen molar-refractivity contribution >= 4 is 11.6 Å². The molecule has 0 bridgehead atoms. The van der Waals surface area contributed by atoms with E-state index in [0.29, 0.717) is 0 Å². The Morgan fingerprint density at radius 3 is 2.80 bits per heavy atom. The molecule has 2 heteroatoms. The van der Waals surface area contributed by atoms with Crippen LogP contribution in [0.4, 0.5) is 0 Å². The Bertz CT molecular complexity index is 333. The Balaban J connectivity index is 2.84. The number of halogens is 1. The van der Waals surface area contributed by atoms with E-state index in [-0.39, 0.29) is 6.04 Å². The van der Waals surface area contributed by atoms with E-state index in [1.165, 1.54) is 5.56 Å². The van der Waals surface area contributed by atoms with Gasteiger partial charge in [-0.3, -0.25) is 0 Å². The summed E-state index contributed by atoms with van der Waals surface area (Å²) in [7, 11) is 0. The molecule has 0 fully saturated rings. The first kappa shape index (κ1) is 12.3. The normalized spacial score (nSPS) is 12.5. The SMILES string of the molecule is C=C(C)C(NCCC)c1cccc(Cl)c1. The number of nitrogens with one attached hydrogen (secondary N) is 1. The summed E-state index contributed by atoms with van der Waals surface area (Å²) in [5.74, 6) is 0.